The van der Waals surface area contributed by atoms with Crippen molar-refractivity contribution < 1.29 is 23.0 Å². The highest BCUT2D eigenvalue weighted by atomic mass is 19.4. The number of rotatable bonds is 1. The molecule has 0 spiro atoms. The fourth-order valence-corrected chi connectivity index (χ4v) is 0.693. The summed E-state index contributed by atoms with van der Waals surface area (Å²) in [5, 5.41) is 17.3. The third kappa shape index (κ3) is 2.52. The number of halogens is 3. The van der Waals surface area contributed by atoms with Crippen LogP contribution in [-0.4, -0.2) is 16.5 Å². The number of hydrogen-bond acceptors (Lipinski definition) is 4. The lowest BCUT2D eigenvalue weighted by molar-refractivity contribution is -0.276. The predicted molar refractivity (Wildman–Crippen MR) is 37.3 cm³/mol. The highest BCUT2D eigenvalue weighted by molar-refractivity contribution is 5.42. The molecule has 0 atom stereocenters. The summed E-state index contributed by atoms with van der Waals surface area (Å²) < 4.78 is 38.4. The second-order valence-corrected chi connectivity index (χ2v) is 2.20. The van der Waals surface area contributed by atoms with Crippen LogP contribution in [0.4, 0.5) is 13.2 Å². The standard InChI is InChI=1S/C7H3F3N2O2/c8-7(9,10)14-6-1-4(2-11)5(13)3-12-6/h1,3,13H. The highest BCUT2D eigenvalue weighted by Gasteiger charge is 2.32. The second-order valence-electron chi connectivity index (χ2n) is 2.20. The first-order valence-corrected chi connectivity index (χ1v) is 3.27. The number of nitriles is 1. The summed E-state index contributed by atoms with van der Waals surface area (Å²) in [5.74, 6) is -1.28. The predicted octanol–water partition coefficient (Wildman–Crippen LogP) is 1.56. The average Bonchev–Trinajstić information content (AvgIpc) is 2.06. The molecule has 0 fully saturated rings. The molecule has 0 bridgehead atoms. The van der Waals surface area contributed by atoms with Crippen LogP contribution in [0.3, 0.4) is 0 Å². The van der Waals surface area contributed by atoms with E-state index in [0.717, 1.165) is 0 Å². The molecule has 0 aliphatic carbocycles. The minimum Gasteiger partial charge on any atom is -0.505 e. The zero-order chi connectivity index (χ0) is 10.8. The van der Waals surface area contributed by atoms with E-state index in [1.807, 2.05) is 0 Å². The zero-order valence-electron chi connectivity index (χ0n) is 6.54. The number of pyridine rings is 1. The van der Waals surface area contributed by atoms with Gasteiger partial charge in [-0.05, 0) is 0 Å². The average molecular weight is 204 g/mol. The topological polar surface area (TPSA) is 66.1 Å². The molecule has 0 aliphatic heterocycles. The van der Waals surface area contributed by atoms with Crippen molar-refractivity contribution in [3.05, 3.63) is 17.8 Å². The van der Waals surface area contributed by atoms with E-state index in [2.05, 4.69) is 9.72 Å². The lowest BCUT2D eigenvalue weighted by Crippen LogP contribution is -2.17. The molecular weight excluding hydrogens is 201 g/mol. The van der Waals surface area contributed by atoms with Gasteiger partial charge in [-0.25, -0.2) is 4.98 Å². The first kappa shape index (κ1) is 10.1. The van der Waals surface area contributed by atoms with Crippen LogP contribution in [0.25, 0.3) is 0 Å². The normalized spacial score (nSPS) is 10.7. The molecule has 0 saturated heterocycles. The van der Waals surface area contributed by atoms with E-state index in [1.165, 1.54) is 6.07 Å². The minimum atomic E-state index is -4.86. The van der Waals surface area contributed by atoms with Crippen LogP contribution in [0.1, 0.15) is 5.56 Å². The van der Waals surface area contributed by atoms with Gasteiger partial charge in [-0.1, -0.05) is 0 Å². The number of ether oxygens (including phenoxy) is 1. The first-order chi connectivity index (χ1) is 6.42. The fourth-order valence-electron chi connectivity index (χ4n) is 0.693. The van der Waals surface area contributed by atoms with Gasteiger partial charge in [0.2, 0.25) is 5.88 Å². The van der Waals surface area contributed by atoms with Gasteiger partial charge in [-0.2, -0.15) is 5.26 Å². The van der Waals surface area contributed by atoms with Gasteiger partial charge in [0.1, 0.15) is 11.6 Å². The number of alkyl halides is 3. The second kappa shape index (κ2) is 3.41. The summed E-state index contributed by atoms with van der Waals surface area (Å²) in [6.07, 6.45) is -4.16. The summed E-state index contributed by atoms with van der Waals surface area (Å²) in [5.41, 5.74) is -0.334. The molecule has 7 heteroatoms. The third-order valence-corrected chi connectivity index (χ3v) is 1.20. The van der Waals surface area contributed by atoms with Crippen molar-refractivity contribution in [2.45, 2.75) is 6.36 Å². The molecule has 0 aromatic carbocycles. The molecule has 1 N–H and O–H groups in total. The minimum absolute atomic E-state index is 0.334. The van der Waals surface area contributed by atoms with Crippen molar-refractivity contribution in [2.75, 3.05) is 0 Å². The first-order valence-electron chi connectivity index (χ1n) is 3.27. The summed E-state index contributed by atoms with van der Waals surface area (Å²) in [4.78, 5) is 3.13. The maximum atomic E-state index is 11.7. The zero-order valence-corrected chi connectivity index (χ0v) is 6.54. The van der Waals surface area contributed by atoms with Crippen LogP contribution < -0.4 is 4.74 Å². The van der Waals surface area contributed by atoms with Crippen LogP contribution in [0.5, 0.6) is 11.6 Å². The van der Waals surface area contributed by atoms with Crippen LogP contribution in [0.2, 0.25) is 0 Å². The van der Waals surface area contributed by atoms with Crippen LogP contribution in [-0.2, 0) is 0 Å². The molecule has 1 aromatic rings. The summed E-state index contributed by atoms with van der Waals surface area (Å²) in [6, 6.07) is 2.18. The Kier molecular flexibility index (Phi) is 2.47. The highest BCUT2D eigenvalue weighted by Crippen LogP contribution is 2.24. The van der Waals surface area contributed by atoms with Crippen molar-refractivity contribution in [2.24, 2.45) is 0 Å². The molecule has 0 radical (unpaired) electrons. The number of aromatic hydroxyl groups is 1. The maximum absolute atomic E-state index is 11.7. The molecule has 74 valence electrons. The molecule has 4 nitrogen and oxygen atoms in total. The van der Waals surface area contributed by atoms with Crippen LogP contribution in [0, 0.1) is 11.3 Å². The summed E-state index contributed by atoms with van der Waals surface area (Å²) >= 11 is 0. The molecule has 0 unspecified atom stereocenters. The van der Waals surface area contributed by atoms with Gasteiger partial charge in [0, 0.05) is 6.07 Å². The Hall–Kier alpha value is -1.97. The molecule has 0 amide bonds. The summed E-state index contributed by atoms with van der Waals surface area (Å²) in [7, 11) is 0. The van der Waals surface area contributed by atoms with E-state index >= 15 is 0 Å². The maximum Gasteiger partial charge on any atom is 0.574 e. The van der Waals surface area contributed by atoms with Crippen molar-refractivity contribution in [3.63, 3.8) is 0 Å². The van der Waals surface area contributed by atoms with Gasteiger partial charge in [-0.3, -0.25) is 0 Å². The van der Waals surface area contributed by atoms with E-state index < -0.39 is 18.0 Å². The SMILES string of the molecule is N#Cc1cc(OC(F)(F)F)ncc1O. The quantitative estimate of drug-likeness (QED) is 0.753. The smallest absolute Gasteiger partial charge is 0.505 e. The summed E-state index contributed by atoms with van der Waals surface area (Å²) in [6.45, 7) is 0. The van der Waals surface area contributed by atoms with Gasteiger partial charge >= 0.3 is 6.36 Å². The van der Waals surface area contributed by atoms with E-state index in [-0.39, 0.29) is 5.56 Å². The largest absolute Gasteiger partial charge is 0.574 e. The van der Waals surface area contributed by atoms with E-state index in [4.69, 9.17) is 10.4 Å². The van der Waals surface area contributed by atoms with Crippen LogP contribution in [0.15, 0.2) is 12.3 Å². The molecule has 1 heterocycles. The Morgan fingerprint density at radius 2 is 2.14 bits per heavy atom. The third-order valence-electron chi connectivity index (χ3n) is 1.20. The van der Waals surface area contributed by atoms with Crippen molar-refractivity contribution in [1.82, 2.24) is 4.98 Å². The van der Waals surface area contributed by atoms with Crippen LogP contribution >= 0.6 is 0 Å². The Bertz CT molecular complexity index is 384. The van der Waals surface area contributed by atoms with E-state index in [9.17, 15) is 13.2 Å². The van der Waals surface area contributed by atoms with Crippen molar-refractivity contribution >= 4 is 0 Å². The Labute approximate surface area is 76.2 Å². The Morgan fingerprint density at radius 3 is 2.64 bits per heavy atom. The monoisotopic (exact) mass is 204 g/mol. The fraction of sp³-hybridized carbons (Fsp3) is 0.143. The van der Waals surface area contributed by atoms with Gasteiger partial charge in [0.05, 0.1) is 6.20 Å². The number of nitrogens with zero attached hydrogens (tertiary/aromatic N) is 2. The van der Waals surface area contributed by atoms with Crippen molar-refractivity contribution in [3.8, 4) is 17.7 Å². The van der Waals surface area contributed by atoms with Gasteiger partial charge in [0.25, 0.3) is 0 Å². The van der Waals surface area contributed by atoms with Crippen molar-refractivity contribution in [1.29, 1.82) is 5.26 Å². The van der Waals surface area contributed by atoms with Gasteiger partial charge in [0.15, 0.2) is 5.75 Å². The number of aromatic nitrogens is 1. The van der Waals surface area contributed by atoms with E-state index in [0.29, 0.717) is 12.3 Å². The van der Waals surface area contributed by atoms with Gasteiger partial charge in [-0.15, -0.1) is 13.2 Å². The Balaban J connectivity index is 2.97. The molecule has 0 saturated carbocycles. The molecule has 14 heavy (non-hydrogen) atoms. The number of hydrogen-bond donors (Lipinski definition) is 1. The molecule has 1 aromatic heterocycles. The lowest BCUT2D eigenvalue weighted by atomic mass is 10.3. The molecular formula is C7H3F3N2O2. The lowest BCUT2D eigenvalue weighted by Gasteiger charge is -2.07. The molecule has 1 rings (SSSR count). The molecule has 0 aliphatic rings. The van der Waals surface area contributed by atoms with E-state index in [1.54, 1.807) is 0 Å². The Morgan fingerprint density at radius 1 is 1.50 bits per heavy atom. The van der Waals surface area contributed by atoms with Gasteiger partial charge < -0.3 is 9.84 Å².